The smallest absolute Gasteiger partial charge is 0.302 e. The maximum absolute atomic E-state index is 10.3. The Kier molecular flexibility index (Phi) is 2.65. The first-order valence-electron chi connectivity index (χ1n) is 3.70. The lowest BCUT2D eigenvalue weighted by Gasteiger charge is -2.24. The van der Waals surface area contributed by atoms with Crippen LogP contribution in [0, 0.1) is 0 Å². The van der Waals surface area contributed by atoms with Gasteiger partial charge in [0, 0.05) is 6.92 Å². The number of ether oxygens (including phenoxy) is 1. The molecule has 0 aromatic heterocycles. The number of carbonyl (C=O) groups is 1. The highest BCUT2D eigenvalue weighted by atomic mass is 16.5. The lowest BCUT2D eigenvalue weighted by atomic mass is 9.89. The molecule has 1 aliphatic carbocycles. The van der Waals surface area contributed by atoms with Crippen LogP contribution in [0.2, 0.25) is 0 Å². The van der Waals surface area contributed by atoms with Crippen molar-refractivity contribution in [2.24, 2.45) is 0 Å². The van der Waals surface area contributed by atoms with E-state index < -0.39 is 0 Å². The molecule has 1 fully saturated rings. The first-order chi connectivity index (χ1) is 5.20. The van der Waals surface area contributed by atoms with E-state index in [-0.39, 0.29) is 12.1 Å². The molecule has 1 aliphatic rings. The molecule has 1 unspecified atom stereocenters. The molecular formula is C8H12O3. The van der Waals surface area contributed by atoms with Gasteiger partial charge < -0.3 is 9.84 Å². The summed E-state index contributed by atoms with van der Waals surface area (Å²) in [6.07, 6.45) is 3.26. The van der Waals surface area contributed by atoms with E-state index in [1.54, 1.807) is 6.08 Å². The maximum atomic E-state index is 10.3. The molecule has 11 heavy (non-hydrogen) atoms. The number of carbonyl (C=O) groups excluding carboxylic acids is 1. The van der Waals surface area contributed by atoms with Crippen LogP contribution in [0.15, 0.2) is 11.6 Å². The summed E-state index contributed by atoms with van der Waals surface area (Å²) in [5.74, 6) is -0.282. The van der Waals surface area contributed by atoms with E-state index in [2.05, 4.69) is 4.74 Å². The van der Waals surface area contributed by atoms with Crippen LogP contribution in [-0.4, -0.2) is 23.8 Å². The molecule has 0 aromatic carbocycles. The molecule has 0 aromatic rings. The number of rotatable bonds is 2. The van der Waals surface area contributed by atoms with Crippen LogP contribution < -0.4 is 0 Å². The van der Waals surface area contributed by atoms with E-state index in [9.17, 15) is 4.79 Å². The van der Waals surface area contributed by atoms with E-state index in [1.807, 2.05) is 0 Å². The fraction of sp³-hybridized carbons (Fsp3) is 0.625. The molecule has 1 N–H and O–H groups in total. The molecule has 62 valence electrons. The summed E-state index contributed by atoms with van der Waals surface area (Å²) in [7, 11) is 0. The molecular weight excluding hydrogens is 144 g/mol. The minimum Gasteiger partial charge on any atom is -0.462 e. The van der Waals surface area contributed by atoms with E-state index >= 15 is 0 Å². The average Bonchev–Trinajstić information content (AvgIpc) is 1.94. The van der Waals surface area contributed by atoms with Crippen LogP contribution >= 0.6 is 0 Å². The second-order valence-electron chi connectivity index (χ2n) is 2.64. The molecule has 0 amide bonds. The van der Waals surface area contributed by atoms with Gasteiger partial charge in [0.25, 0.3) is 0 Å². The molecule has 0 spiro atoms. The van der Waals surface area contributed by atoms with Gasteiger partial charge in [-0.05, 0) is 24.5 Å². The predicted molar refractivity (Wildman–Crippen MR) is 40.0 cm³/mol. The molecule has 1 saturated carbocycles. The summed E-state index contributed by atoms with van der Waals surface area (Å²) < 4.78 is 4.67. The van der Waals surface area contributed by atoms with Crippen molar-refractivity contribution < 1.29 is 14.6 Å². The number of aliphatic hydroxyl groups excluding tert-OH is 1. The van der Waals surface area contributed by atoms with E-state index in [0.717, 1.165) is 18.4 Å². The van der Waals surface area contributed by atoms with Crippen molar-refractivity contribution in [3.05, 3.63) is 11.6 Å². The van der Waals surface area contributed by atoms with Crippen molar-refractivity contribution in [3.63, 3.8) is 0 Å². The summed E-state index contributed by atoms with van der Waals surface area (Å²) in [6, 6.07) is 0. The highest BCUT2D eigenvalue weighted by Crippen LogP contribution is 2.25. The Morgan fingerprint density at radius 2 is 2.64 bits per heavy atom. The zero-order valence-electron chi connectivity index (χ0n) is 6.54. The Hall–Kier alpha value is -0.830. The van der Waals surface area contributed by atoms with E-state index in [0.29, 0.717) is 6.61 Å². The van der Waals surface area contributed by atoms with Crippen LogP contribution in [0.25, 0.3) is 0 Å². The topological polar surface area (TPSA) is 46.5 Å². The van der Waals surface area contributed by atoms with Crippen LogP contribution in [0.5, 0.6) is 0 Å². The van der Waals surface area contributed by atoms with E-state index in [1.165, 1.54) is 6.92 Å². The lowest BCUT2D eigenvalue weighted by molar-refractivity contribution is -0.139. The van der Waals surface area contributed by atoms with Gasteiger partial charge in [-0.1, -0.05) is 0 Å². The van der Waals surface area contributed by atoms with Gasteiger partial charge in [0.2, 0.25) is 0 Å². The summed E-state index contributed by atoms with van der Waals surface area (Å²) in [4.78, 5) is 10.3. The Bertz CT molecular complexity index is 184. The first kappa shape index (κ1) is 8.27. The van der Waals surface area contributed by atoms with Crippen LogP contribution in [0.1, 0.15) is 19.8 Å². The fourth-order valence-electron chi connectivity index (χ4n) is 0.944. The minimum absolute atomic E-state index is 0.282. The summed E-state index contributed by atoms with van der Waals surface area (Å²) in [5.41, 5.74) is 0.992. The Labute approximate surface area is 65.7 Å². The molecule has 1 atom stereocenters. The zero-order valence-corrected chi connectivity index (χ0v) is 6.54. The minimum atomic E-state index is -0.287. The Balaban J connectivity index is 2.19. The molecule has 1 rings (SSSR count). The Morgan fingerprint density at radius 1 is 1.91 bits per heavy atom. The van der Waals surface area contributed by atoms with Crippen molar-refractivity contribution in [1.29, 1.82) is 0 Å². The molecule has 3 heteroatoms. The quantitative estimate of drug-likeness (QED) is 0.471. The largest absolute Gasteiger partial charge is 0.462 e. The number of esters is 1. The normalized spacial score (nSPS) is 26.4. The van der Waals surface area contributed by atoms with Crippen molar-refractivity contribution >= 4 is 5.97 Å². The van der Waals surface area contributed by atoms with Gasteiger partial charge >= 0.3 is 5.97 Å². The third-order valence-corrected chi connectivity index (χ3v) is 1.77. The number of hydrogen-bond acceptors (Lipinski definition) is 3. The zero-order chi connectivity index (χ0) is 8.27. The fourth-order valence-corrected chi connectivity index (χ4v) is 0.944. The van der Waals surface area contributed by atoms with Gasteiger partial charge in [-0.25, -0.2) is 0 Å². The summed E-state index contributed by atoms with van der Waals surface area (Å²) >= 11 is 0. The van der Waals surface area contributed by atoms with E-state index in [4.69, 9.17) is 5.11 Å². The van der Waals surface area contributed by atoms with Crippen molar-refractivity contribution in [3.8, 4) is 0 Å². The molecule has 3 nitrogen and oxygen atoms in total. The monoisotopic (exact) mass is 156 g/mol. The van der Waals surface area contributed by atoms with Crippen LogP contribution in [-0.2, 0) is 9.53 Å². The highest BCUT2D eigenvalue weighted by molar-refractivity contribution is 5.66. The van der Waals surface area contributed by atoms with Gasteiger partial charge in [-0.15, -0.1) is 0 Å². The van der Waals surface area contributed by atoms with Gasteiger partial charge in [0.1, 0.15) is 6.61 Å². The first-order valence-corrected chi connectivity index (χ1v) is 3.70. The predicted octanol–water partition coefficient (Wildman–Crippen LogP) is 0.631. The molecule has 0 saturated heterocycles. The van der Waals surface area contributed by atoms with Gasteiger partial charge in [0.05, 0.1) is 6.10 Å². The van der Waals surface area contributed by atoms with Crippen molar-refractivity contribution in [1.82, 2.24) is 0 Å². The lowest BCUT2D eigenvalue weighted by Crippen LogP contribution is -2.21. The SMILES string of the molecule is CC(=O)OC/C=C1\CCC1O. The van der Waals surface area contributed by atoms with Gasteiger partial charge in [0.15, 0.2) is 0 Å². The number of hydrogen-bond donors (Lipinski definition) is 1. The maximum Gasteiger partial charge on any atom is 0.302 e. The average molecular weight is 156 g/mol. The Morgan fingerprint density at radius 3 is 3.00 bits per heavy atom. The van der Waals surface area contributed by atoms with Gasteiger partial charge in [-0.2, -0.15) is 0 Å². The molecule has 0 radical (unpaired) electrons. The summed E-state index contributed by atoms with van der Waals surface area (Å²) in [6.45, 7) is 1.66. The van der Waals surface area contributed by atoms with Crippen LogP contribution in [0.3, 0.4) is 0 Å². The highest BCUT2D eigenvalue weighted by Gasteiger charge is 2.20. The third-order valence-electron chi connectivity index (χ3n) is 1.77. The van der Waals surface area contributed by atoms with Crippen molar-refractivity contribution in [2.75, 3.05) is 6.61 Å². The van der Waals surface area contributed by atoms with Crippen molar-refractivity contribution in [2.45, 2.75) is 25.9 Å². The standard InChI is InChI=1S/C8H12O3/c1-6(9)11-5-4-7-2-3-8(7)10/h4,8,10H,2-3,5H2,1H3/b7-4+. The molecule has 0 bridgehead atoms. The summed E-state index contributed by atoms with van der Waals surface area (Å²) in [5, 5.41) is 9.06. The molecule has 0 aliphatic heterocycles. The second-order valence-corrected chi connectivity index (χ2v) is 2.64. The third kappa shape index (κ3) is 2.35. The second kappa shape index (κ2) is 3.53. The van der Waals surface area contributed by atoms with Gasteiger partial charge in [-0.3, -0.25) is 4.79 Å². The number of aliphatic hydroxyl groups is 1. The van der Waals surface area contributed by atoms with Crippen LogP contribution in [0.4, 0.5) is 0 Å². The molecule has 0 heterocycles.